The van der Waals surface area contributed by atoms with Crippen molar-refractivity contribution in [3.8, 4) is 22.8 Å². The Morgan fingerprint density at radius 3 is 1.37 bits per heavy atom. The van der Waals surface area contributed by atoms with Crippen LogP contribution in [-0.4, -0.2) is 29.5 Å². The van der Waals surface area contributed by atoms with Crippen molar-refractivity contribution in [2.75, 3.05) is 0 Å². The van der Waals surface area contributed by atoms with E-state index in [1.165, 1.54) is 32.7 Å². The molecule has 6 nitrogen and oxygen atoms in total. The van der Waals surface area contributed by atoms with Crippen molar-refractivity contribution < 1.29 is 0 Å². The molecule has 7 aromatic rings. The fourth-order valence-electron chi connectivity index (χ4n) is 4.93. The monoisotopic (exact) mass is 492 g/mol. The molecule has 0 radical (unpaired) electrons. The molecule has 4 heterocycles. The molecule has 0 unspecified atom stereocenters. The SMILES string of the molecule is c1ccc(-c2ccn(Cc3cc4cc5ccccc5cc4cc3Cn3ccc(-c4ccccn4)n3)n2)nc1. The number of benzene rings is 3. The molecule has 0 aliphatic carbocycles. The van der Waals surface area contributed by atoms with E-state index >= 15 is 0 Å². The predicted octanol–water partition coefficient (Wildman–Crippen LogP) is 6.61. The zero-order chi connectivity index (χ0) is 25.3. The zero-order valence-electron chi connectivity index (χ0n) is 20.6. The Labute approximate surface area is 219 Å². The van der Waals surface area contributed by atoms with Gasteiger partial charge < -0.3 is 0 Å². The Balaban J connectivity index is 1.28. The minimum atomic E-state index is 0.652. The van der Waals surface area contributed by atoms with Crippen molar-refractivity contribution in [1.29, 1.82) is 0 Å². The summed E-state index contributed by atoms with van der Waals surface area (Å²) in [5.41, 5.74) is 5.89. The van der Waals surface area contributed by atoms with E-state index in [0.717, 1.165) is 22.8 Å². The zero-order valence-corrected chi connectivity index (χ0v) is 20.6. The minimum Gasteiger partial charge on any atom is -0.268 e. The average Bonchev–Trinajstić information content (AvgIpc) is 3.63. The Morgan fingerprint density at radius 1 is 0.447 bits per heavy atom. The van der Waals surface area contributed by atoms with E-state index in [1.807, 2.05) is 70.3 Å². The third kappa shape index (κ3) is 4.33. The summed E-state index contributed by atoms with van der Waals surface area (Å²) < 4.78 is 3.97. The first-order valence-electron chi connectivity index (χ1n) is 12.6. The number of hydrogen-bond donors (Lipinski definition) is 0. The molecule has 0 amide bonds. The van der Waals surface area contributed by atoms with Crippen molar-refractivity contribution in [3.63, 3.8) is 0 Å². The van der Waals surface area contributed by atoms with Crippen molar-refractivity contribution in [1.82, 2.24) is 29.5 Å². The molecule has 0 aliphatic rings. The molecular weight excluding hydrogens is 468 g/mol. The predicted molar refractivity (Wildman–Crippen MR) is 151 cm³/mol. The van der Waals surface area contributed by atoms with Gasteiger partial charge in [-0.3, -0.25) is 19.3 Å². The number of hydrogen-bond acceptors (Lipinski definition) is 4. The maximum atomic E-state index is 4.82. The molecule has 3 aromatic carbocycles. The molecule has 0 fully saturated rings. The summed E-state index contributed by atoms with van der Waals surface area (Å²) in [6.45, 7) is 1.30. The van der Waals surface area contributed by atoms with Crippen LogP contribution in [0, 0.1) is 0 Å². The lowest BCUT2D eigenvalue weighted by atomic mass is 9.97. The van der Waals surface area contributed by atoms with Crippen molar-refractivity contribution in [2.24, 2.45) is 0 Å². The molecule has 0 aliphatic heterocycles. The maximum absolute atomic E-state index is 4.82. The number of nitrogens with zero attached hydrogens (tertiary/aromatic N) is 6. The molecular formula is C32H24N6. The highest BCUT2D eigenvalue weighted by molar-refractivity contribution is 5.98. The van der Waals surface area contributed by atoms with E-state index in [-0.39, 0.29) is 0 Å². The van der Waals surface area contributed by atoms with E-state index in [1.54, 1.807) is 12.4 Å². The third-order valence-corrected chi connectivity index (χ3v) is 6.82. The summed E-state index contributed by atoms with van der Waals surface area (Å²) >= 11 is 0. The lowest BCUT2D eigenvalue weighted by Gasteiger charge is -2.13. The molecule has 0 spiro atoms. The standard InChI is InChI=1S/C32H24N6/c1-2-8-24-18-26-20-28(22-38-16-12-32(36-38)30-10-4-6-14-34-30)27(19-25(26)17-23(24)7-1)21-37-15-11-31(35-37)29-9-3-5-13-33-29/h1-20H,21-22H2. The van der Waals surface area contributed by atoms with Crippen LogP contribution in [-0.2, 0) is 13.1 Å². The van der Waals surface area contributed by atoms with Crippen molar-refractivity contribution in [2.45, 2.75) is 13.1 Å². The summed E-state index contributed by atoms with van der Waals surface area (Å²) in [4.78, 5) is 8.89. The van der Waals surface area contributed by atoms with Gasteiger partial charge in [0, 0.05) is 24.8 Å². The second-order valence-corrected chi connectivity index (χ2v) is 9.39. The van der Waals surface area contributed by atoms with Gasteiger partial charge in [-0.25, -0.2) is 0 Å². The van der Waals surface area contributed by atoms with Crippen LogP contribution in [0.2, 0.25) is 0 Å². The van der Waals surface area contributed by atoms with E-state index < -0.39 is 0 Å². The fraction of sp³-hybridized carbons (Fsp3) is 0.0625. The van der Waals surface area contributed by atoms with Gasteiger partial charge in [-0.05, 0) is 93.3 Å². The molecule has 38 heavy (non-hydrogen) atoms. The molecule has 0 saturated carbocycles. The van der Waals surface area contributed by atoms with E-state index in [2.05, 4.69) is 58.5 Å². The first-order chi connectivity index (χ1) is 18.8. The molecule has 0 saturated heterocycles. The van der Waals surface area contributed by atoms with Gasteiger partial charge in [0.15, 0.2) is 0 Å². The van der Waals surface area contributed by atoms with Crippen LogP contribution < -0.4 is 0 Å². The van der Waals surface area contributed by atoms with Gasteiger partial charge in [0.25, 0.3) is 0 Å². The minimum absolute atomic E-state index is 0.652. The van der Waals surface area contributed by atoms with Gasteiger partial charge in [-0.2, -0.15) is 10.2 Å². The van der Waals surface area contributed by atoms with E-state index in [9.17, 15) is 0 Å². The first-order valence-corrected chi connectivity index (χ1v) is 12.6. The highest BCUT2D eigenvalue weighted by Crippen LogP contribution is 2.27. The van der Waals surface area contributed by atoms with Crippen LogP contribution in [0.4, 0.5) is 0 Å². The molecule has 6 heteroatoms. The van der Waals surface area contributed by atoms with Crippen LogP contribution >= 0.6 is 0 Å². The lowest BCUT2D eigenvalue weighted by molar-refractivity contribution is 0.655. The van der Waals surface area contributed by atoms with Gasteiger partial charge in [0.1, 0.15) is 11.4 Å². The summed E-state index contributed by atoms with van der Waals surface area (Å²) in [6, 6.07) is 33.4. The second kappa shape index (κ2) is 9.41. The molecule has 182 valence electrons. The molecule has 0 bridgehead atoms. The summed E-state index contributed by atoms with van der Waals surface area (Å²) in [6.07, 6.45) is 7.63. The summed E-state index contributed by atoms with van der Waals surface area (Å²) in [5, 5.41) is 14.6. The maximum Gasteiger partial charge on any atom is 0.111 e. The Morgan fingerprint density at radius 2 is 0.921 bits per heavy atom. The highest BCUT2D eigenvalue weighted by atomic mass is 15.3. The normalized spacial score (nSPS) is 11.4. The largest absolute Gasteiger partial charge is 0.268 e. The van der Waals surface area contributed by atoms with Crippen molar-refractivity contribution in [3.05, 3.63) is 133 Å². The van der Waals surface area contributed by atoms with Gasteiger partial charge in [-0.1, -0.05) is 36.4 Å². The van der Waals surface area contributed by atoms with Gasteiger partial charge in [-0.15, -0.1) is 0 Å². The average molecular weight is 493 g/mol. The van der Waals surface area contributed by atoms with Crippen LogP contribution in [0.25, 0.3) is 44.3 Å². The molecule has 4 aromatic heterocycles. The van der Waals surface area contributed by atoms with Crippen LogP contribution in [0.3, 0.4) is 0 Å². The van der Waals surface area contributed by atoms with Crippen molar-refractivity contribution >= 4 is 21.5 Å². The Bertz CT molecular complexity index is 1730. The number of aromatic nitrogens is 6. The topological polar surface area (TPSA) is 61.4 Å². The van der Waals surface area contributed by atoms with Gasteiger partial charge >= 0.3 is 0 Å². The summed E-state index contributed by atoms with van der Waals surface area (Å²) in [5.74, 6) is 0. The highest BCUT2D eigenvalue weighted by Gasteiger charge is 2.12. The lowest BCUT2D eigenvalue weighted by Crippen LogP contribution is -2.08. The Kier molecular flexibility index (Phi) is 5.48. The molecule has 7 rings (SSSR count). The van der Waals surface area contributed by atoms with Crippen LogP contribution in [0.15, 0.2) is 122 Å². The second-order valence-electron chi connectivity index (χ2n) is 9.39. The van der Waals surface area contributed by atoms with Crippen LogP contribution in [0.1, 0.15) is 11.1 Å². The van der Waals surface area contributed by atoms with Gasteiger partial charge in [0.05, 0.1) is 24.5 Å². The Hall–Kier alpha value is -5.10. The smallest absolute Gasteiger partial charge is 0.111 e. The fourth-order valence-corrected chi connectivity index (χ4v) is 4.93. The van der Waals surface area contributed by atoms with E-state index in [0.29, 0.717) is 13.1 Å². The number of fused-ring (bicyclic) bond motifs is 2. The third-order valence-electron chi connectivity index (χ3n) is 6.82. The van der Waals surface area contributed by atoms with Gasteiger partial charge in [0.2, 0.25) is 0 Å². The number of pyridine rings is 2. The van der Waals surface area contributed by atoms with Crippen LogP contribution in [0.5, 0.6) is 0 Å². The molecule has 0 atom stereocenters. The summed E-state index contributed by atoms with van der Waals surface area (Å²) in [7, 11) is 0. The first kappa shape index (κ1) is 22.1. The quantitative estimate of drug-likeness (QED) is 0.245. The molecule has 0 N–H and O–H groups in total. The number of rotatable bonds is 6. The van der Waals surface area contributed by atoms with E-state index in [4.69, 9.17) is 10.2 Å².